The van der Waals surface area contributed by atoms with Crippen LogP contribution in [0, 0.1) is 12.8 Å². The molecule has 1 aromatic heterocycles. The van der Waals surface area contributed by atoms with Crippen LogP contribution in [0.2, 0.25) is 0 Å². The zero-order chi connectivity index (χ0) is 18.0. The molecular formula is C19H25N3O2S. The molecule has 1 fully saturated rings. The van der Waals surface area contributed by atoms with E-state index < -0.39 is 0 Å². The van der Waals surface area contributed by atoms with Crippen LogP contribution in [0.15, 0.2) is 28.2 Å². The molecule has 134 valence electrons. The number of aryl methyl sites for hydroxylation is 1. The van der Waals surface area contributed by atoms with Crippen molar-refractivity contribution >= 4 is 28.6 Å². The third kappa shape index (κ3) is 4.06. The van der Waals surface area contributed by atoms with Gasteiger partial charge in [-0.1, -0.05) is 43.2 Å². The van der Waals surface area contributed by atoms with Crippen molar-refractivity contribution in [1.29, 1.82) is 0 Å². The van der Waals surface area contributed by atoms with Crippen molar-refractivity contribution in [2.75, 3.05) is 5.75 Å². The molecule has 1 heterocycles. The molecule has 25 heavy (non-hydrogen) atoms. The predicted molar refractivity (Wildman–Crippen MR) is 102 cm³/mol. The Kier molecular flexibility index (Phi) is 5.47. The number of fused-ring (bicyclic) bond motifs is 1. The molecule has 1 saturated carbocycles. The highest BCUT2D eigenvalue weighted by Crippen LogP contribution is 2.24. The van der Waals surface area contributed by atoms with E-state index in [0.29, 0.717) is 22.0 Å². The van der Waals surface area contributed by atoms with Crippen molar-refractivity contribution in [3.63, 3.8) is 0 Å². The number of hydrogen-bond acceptors (Lipinski definition) is 4. The molecule has 1 N–H and O–H groups in total. The summed E-state index contributed by atoms with van der Waals surface area (Å²) in [5.41, 5.74) is 1.64. The Bertz CT molecular complexity index is 846. The van der Waals surface area contributed by atoms with Gasteiger partial charge in [0.1, 0.15) is 0 Å². The standard InChI is InChI=1S/C19H25N3O2S/c1-12-8-9-16-14(10-12)18(24)22(3)19(21-16)25-11-17(23)20-15-7-5-4-6-13(15)2/h8-10,13,15H,4-7,11H2,1-3H3,(H,20,23)/t13-,15+/m0/s1. The lowest BCUT2D eigenvalue weighted by atomic mass is 9.86. The van der Waals surface area contributed by atoms with Crippen LogP contribution in [0.4, 0.5) is 0 Å². The summed E-state index contributed by atoms with van der Waals surface area (Å²) in [7, 11) is 1.71. The highest BCUT2D eigenvalue weighted by Gasteiger charge is 2.23. The van der Waals surface area contributed by atoms with Gasteiger partial charge < -0.3 is 5.32 Å². The first-order valence-electron chi connectivity index (χ1n) is 8.85. The Morgan fingerprint density at radius 1 is 1.36 bits per heavy atom. The van der Waals surface area contributed by atoms with E-state index in [-0.39, 0.29) is 23.3 Å². The largest absolute Gasteiger partial charge is 0.352 e. The first-order chi connectivity index (χ1) is 12.0. The number of thioether (sulfide) groups is 1. The molecule has 3 rings (SSSR count). The summed E-state index contributed by atoms with van der Waals surface area (Å²) in [4.78, 5) is 29.4. The molecule has 1 aliphatic rings. The van der Waals surface area contributed by atoms with Crippen LogP contribution in [0.5, 0.6) is 0 Å². The fourth-order valence-corrected chi connectivity index (χ4v) is 4.19. The molecule has 6 heteroatoms. The van der Waals surface area contributed by atoms with Crippen LogP contribution in [-0.4, -0.2) is 27.3 Å². The third-order valence-corrected chi connectivity index (χ3v) is 6.01. The van der Waals surface area contributed by atoms with Gasteiger partial charge in [-0.2, -0.15) is 0 Å². The number of benzene rings is 1. The molecule has 0 unspecified atom stereocenters. The average Bonchev–Trinajstić information content (AvgIpc) is 2.59. The van der Waals surface area contributed by atoms with Crippen molar-refractivity contribution in [1.82, 2.24) is 14.9 Å². The normalized spacial score (nSPS) is 20.6. The molecule has 0 saturated heterocycles. The van der Waals surface area contributed by atoms with Crippen molar-refractivity contribution < 1.29 is 4.79 Å². The quantitative estimate of drug-likeness (QED) is 0.673. The van der Waals surface area contributed by atoms with Crippen LogP contribution in [0.1, 0.15) is 38.2 Å². The maximum Gasteiger partial charge on any atom is 0.261 e. The molecular weight excluding hydrogens is 334 g/mol. The Labute approximate surface area is 152 Å². The molecule has 0 spiro atoms. The first kappa shape index (κ1) is 18.0. The maximum absolute atomic E-state index is 12.5. The fraction of sp³-hybridized carbons (Fsp3) is 0.526. The molecule has 1 amide bonds. The van der Waals surface area contributed by atoms with E-state index in [4.69, 9.17) is 0 Å². The second-order valence-electron chi connectivity index (χ2n) is 7.00. The van der Waals surface area contributed by atoms with Crippen LogP contribution in [-0.2, 0) is 11.8 Å². The minimum Gasteiger partial charge on any atom is -0.352 e. The first-order valence-corrected chi connectivity index (χ1v) is 9.84. The summed E-state index contributed by atoms with van der Waals surface area (Å²) >= 11 is 1.32. The Hall–Kier alpha value is -1.82. The molecule has 2 atom stereocenters. The van der Waals surface area contributed by atoms with Gasteiger partial charge in [-0.05, 0) is 37.8 Å². The number of nitrogens with one attached hydrogen (secondary N) is 1. The summed E-state index contributed by atoms with van der Waals surface area (Å²) < 4.78 is 1.53. The number of rotatable bonds is 4. The molecule has 0 radical (unpaired) electrons. The minimum atomic E-state index is -0.0717. The number of aromatic nitrogens is 2. The smallest absolute Gasteiger partial charge is 0.261 e. The van der Waals surface area contributed by atoms with E-state index in [1.165, 1.54) is 35.6 Å². The number of carbonyl (C=O) groups is 1. The SMILES string of the molecule is Cc1ccc2nc(SCC(=O)N[C@@H]3CCCC[C@@H]3C)n(C)c(=O)c2c1. The van der Waals surface area contributed by atoms with E-state index in [1.54, 1.807) is 7.05 Å². The topological polar surface area (TPSA) is 64.0 Å². The number of amides is 1. The lowest BCUT2D eigenvalue weighted by molar-refractivity contribution is -0.119. The van der Waals surface area contributed by atoms with Crippen molar-refractivity contribution in [3.8, 4) is 0 Å². The second kappa shape index (κ2) is 7.60. The zero-order valence-electron chi connectivity index (χ0n) is 15.0. The molecule has 2 aromatic rings. The molecule has 1 aliphatic carbocycles. The van der Waals surface area contributed by atoms with E-state index in [0.717, 1.165) is 12.0 Å². The highest BCUT2D eigenvalue weighted by atomic mass is 32.2. The minimum absolute atomic E-state index is 0.0157. The van der Waals surface area contributed by atoms with Crippen LogP contribution >= 0.6 is 11.8 Å². The Morgan fingerprint density at radius 3 is 2.88 bits per heavy atom. The molecule has 0 bridgehead atoms. The van der Waals surface area contributed by atoms with Gasteiger partial charge in [-0.15, -0.1) is 0 Å². The highest BCUT2D eigenvalue weighted by molar-refractivity contribution is 7.99. The van der Waals surface area contributed by atoms with Gasteiger partial charge in [0.05, 0.1) is 16.7 Å². The van der Waals surface area contributed by atoms with E-state index in [2.05, 4.69) is 17.2 Å². The third-order valence-electron chi connectivity index (χ3n) is 4.98. The molecule has 0 aliphatic heterocycles. The molecule has 5 nitrogen and oxygen atoms in total. The monoisotopic (exact) mass is 359 g/mol. The van der Waals surface area contributed by atoms with E-state index >= 15 is 0 Å². The lowest BCUT2D eigenvalue weighted by Crippen LogP contribution is -2.41. The van der Waals surface area contributed by atoms with Gasteiger partial charge in [0, 0.05) is 13.1 Å². The number of carbonyl (C=O) groups excluding carboxylic acids is 1. The maximum atomic E-state index is 12.5. The van der Waals surface area contributed by atoms with Crippen LogP contribution in [0.25, 0.3) is 10.9 Å². The molecule has 1 aromatic carbocycles. The van der Waals surface area contributed by atoms with Gasteiger partial charge in [-0.25, -0.2) is 4.98 Å². The van der Waals surface area contributed by atoms with Crippen molar-refractivity contribution in [2.24, 2.45) is 13.0 Å². The van der Waals surface area contributed by atoms with Crippen LogP contribution in [0.3, 0.4) is 0 Å². The predicted octanol–water partition coefficient (Wildman–Crippen LogP) is 3.03. The summed E-state index contributed by atoms with van der Waals surface area (Å²) in [5.74, 6) is 0.831. The number of hydrogen-bond donors (Lipinski definition) is 1. The second-order valence-corrected chi connectivity index (χ2v) is 7.95. The fourth-order valence-electron chi connectivity index (χ4n) is 3.40. The van der Waals surface area contributed by atoms with Gasteiger partial charge in [0.2, 0.25) is 5.91 Å². The van der Waals surface area contributed by atoms with Gasteiger partial charge in [0.25, 0.3) is 5.56 Å². The van der Waals surface area contributed by atoms with Crippen molar-refractivity contribution in [3.05, 3.63) is 34.1 Å². The van der Waals surface area contributed by atoms with E-state index in [1.807, 2.05) is 25.1 Å². The van der Waals surface area contributed by atoms with E-state index in [9.17, 15) is 9.59 Å². The lowest BCUT2D eigenvalue weighted by Gasteiger charge is -2.29. The Balaban J connectivity index is 1.70. The number of nitrogens with zero attached hydrogens (tertiary/aromatic N) is 2. The van der Waals surface area contributed by atoms with Crippen molar-refractivity contribution in [2.45, 2.75) is 50.7 Å². The van der Waals surface area contributed by atoms with Gasteiger partial charge in [0.15, 0.2) is 5.16 Å². The zero-order valence-corrected chi connectivity index (χ0v) is 15.9. The van der Waals surface area contributed by atoms with Gasteiger partial charge in [-0.3, -0.25) is 14.2 Å². The average molecular weight is 359 g/mol. The summed E-state index contributed by atoms with van der Waals surface area (Å²) in [6.45, 7) is 4.16. The summed E-state index contributed by atoms with van der Waals surface area (Å²) in [6.07, 6.45) is 4.68. The van der Waals surface area contributed by atoms with Gasteiger partial charge >= 0.3 is 0 Å². The summed E-state index contributed by atoms with van der Waals surface area (Å²) in [6, 6.07) is 5.94. The Morgan fingerprint density at radius 2 is 2.12 bits per heavy atom. The summed E-state index contributed by atoms with van der Waals surface area (Å²) in [5, 5.41) is 4.34. The van der Waals surface area contributed by atoms with Crippen LogP contribution < -0.4 is 10.9 Å².